The molecule has 0 aromatic rings. The first-order valence-corrected chi connectivity index (χ1v) is 5.51. The van der Waals surface area contributed by atoms with Gasteiger partial charge in [-0.2, -0.15) is 5.26 Å². The number of rotatable bonds is 3. The molecule has 0 saturated heterocycles. The zero-order valence-corrected chi connectivity index (χ0v) is 9.36. The van der Waals surface area contributed by atoms with Crippen LogP contribution in [0.25, 0.3) is 0 Å². The highest BCUT2D eigenvalue weighted by molar-refractivity contribution is 5.79. The van der Waals surface area contributed by atoms with Gasteiger partial charge in [-0.25, -0.2) is 0 Å². The van der Waals surface area contributed by atoms with Crippen molar-refractivity contribution < 1.29 is 4.79 Å². The quantitative estimate of drug-likeness (QED) is 0.721. The number of nitrogens with zero attached hydrogens (tertiary/aromatic N) is 1. The van der Waals surface area contributed by atoms with Gasteiger partial charge in [0.05, 0.1) is 12.0 Å². The molecule has 15 heavy (non-hydrogen) atoms. The van der Waals surface area contributed by atoms with Gasteiger partial charge in [0, 0.05) is 18.0 Å². The summed E-state index contributed by atoms with van der Waals surface area (Å²) in [4.78, 5) is 11.7. The summed E-state index contributed by atoms with van der Waals surface area (Å²) in [7, 11) is 0. The van der Waals surface area contributed by atoms with Crippen molar-refractivity contribution in [3.8, 4) is 6.07 Å². The standard InChI is InChI=1S/C11H19N3O/c1-7(8(2)13)11(15)14-10-5-3-4-9(10)6-12/h7-10H,3-5,13H2,1-2H3,(H,14,15). The summed E-state index contributed by atoms with van der Waals surface area (Å²) in [5, 5.41) is 11.8. The number of amides is 1. The minimum atomic E-state index is -0.190. The van der Waals surface area contributed by atoms with Gasteiger partial charge in [0.15, 0.2) is 0 Å². The van der Waals surface area contributed by atoms with Gasteiger partial charge in [-0.15, -0.1) is 0 Å². The second-order valence-corrected chi connectivity index (χ2v) is 4.43. The predicted octanol–water partition coefficient (Wildman–Crippen LogP) is 0.778. The molecule has 0 aliphatic heterocycles. The van der Waals surface area contributed by atoms with Crippen LogP contribution in [-0.2, 0) is 4.79 Å². The van der Waals surface area contributed by atoms with Crippen LogP contribution in [0.1, 0.15) is 33.1 Å². The Morgan fingerprint density at radius 1 is 1.53 bits per heavy atom. The molecule has 0 aromatic carbocycles. The molecule has 0 spiro atoms. The van der Waals surface area contributed by atoms with E-state index in [1.54, 1.807) is 0 Å². The van der Waals surface area contributed by atoms with E-state index in [1.807, 2.05) is 13.8 Å². The maximum atomic E-state index is 11.7. The number of hydrogen-bond donors (Lipinski definition) is 2. The van der Waals surface area contributed by atoms with Crippen molar-refractivity contribution in [1.82, 2.24) is 5.32 Å². The molecule has 4 nitrogen and oxygen atoms in total. The molecule has 0 radical (unpaired) electrons. The third-order valence-electron chi connectivity index (χ3n) is 3.21. The summed E-state index contributed by atoms with van der Waals surface area (Å²) in [5.74, 6) is -0.240. The Bertz CT molecular complexity index is 269. The number of hydrogen-bond acceptors (Lipinski definition) is 3. The monoisotopic (exact) mass is 209 g/mol. The lowest BCUT2D eigenvalue weighted by molar-refractivity contribution is -0.125. The Morgan fingerprint density at radius 3 is 2.73 bits per heavy atom. The molecule has 4 atom stereocenters. The van der Waals surface area contributed by atoms with E-state index >= 15 is 0 Å². The molecule has 1 rings (SSSR count). The van der Waals surface area contributed by atoms with Crippen LogP contribution in [0.4, 0.5) is 0 Å². The van der Waals surface area contributed by atoms with E-state index in [1.165, 1.54) is 0 Å². The Kier molecular flexibility index (Phi) is 4.10. The highest BCUT2D eigenvalue weighted by Gasteiger charge is 2.30. The van der Waals surface area contributed by atoms with Crippen LogP contribution in [0, 0.1) is 23.2 Å². The van der Waals surface area contributed by atoms with E-state index in [4.69, 9.17) is 11.0 Å². The van der Waals surface area contributed by atoms with Crippen LogP contribution in [0.5, 0.6) is 0 Å². The summed E-state index contributed by atoms with van der Waals surface area (Å²) < 4.78 is 0. The van der Waals surface area contributed by atoms with Gasteiger partial charge in [-0.1, -0.05) is 6.92 Å². The highest BCUT2D eigenvalue weighted by atomic mass is 16.2. The summed E-state index contributed by atoms with van der Waals surface area (Å²) in [5.41, 5.74) is 5.65. The van der Waals surface area contributed by atoms with Crippen LogP contribution < -0.4 is 11.1 Å². The molecule has 84 valence electrons. The molecule has 0 bridgehead atoms. The smallest absolute Gasteiger partial charge is 0.224 e. The lowest BCUT2D eigenvalue weighted by atomic mass is 10.0. The Labute approximate surface area is 90.8 Å². The molecule has 1 aliphatic carbocycles. The van der Waals surface area contributed by atoms with Gasteiger partial charge < -0.3 is 11.1 Å². The van der Waals surface area contributed by atoms with Crippen molar-refractivity contribution in [1.29, 1.82) is 5.26 Å². The highest BCUT2D eigenvalue weighted by Crippen LogP contribution is 2.25. The molecule has 4 unspecified atom stereocenters. The van der Waals surface area contributed by atoms with E-state index in [2.05, 4.69) is 11.4 Å². The van der Waals surface area contributed by atoms with Crippen molar-refractivity contribution in [2.45, 2.75) is 45.2 Å². The fourth-order valence-electron chi connectivity index (χ4n) is 1.84. The van der Waals surface area contributed by atoms with Crippen molar-refractivity contribution >= 4 is 5.91 Å². The first kappa shape index (κ1) is 12.0. The molecular weight excluding hydrogens is 190 g/mol. The third-order valence-corrected chi connectivity index (χ3v) is 3.21. The Morgan fingerprint density at radius 2 is 2.20 bits per heavy atom. The fraction of sp³-hybridized carbons (Fsp3) is 0.818. The lowest BCUT2D eigenvalue weighted by Gasteiger charge is -2.20. The number of carbonyl (C=O) groups excluding carboxylic acids is 1. The first-order chi connectivity index (χ1) is 7.06. The summed E-state index contributed by atoms with van der Waals surface area (Å²) >= 11 is 0. The molecule has 1 aliphatic rings. The topological polar surface area (TPSA) is 78.9 Å². The minimum absolute atomic E-state index is 0.0192. The van der Waals surface area contributed by atoms with Crippen LogP contribution in [0.2, 0.25) is 0 Å². The van der Waals surface area contributed by atoms with E-state index < -0.39 is 0 Å². The minimum Gasteiger partial charge on any atom is -0.352 e. The number of nitrogens with one attached hydrogen (secondary N) is 1. The van der Waals surface area contributed by atoms with Gasteiger partial charge in [-0.05, 0) is 26.2 Å². The Hall–Kier alpha value is -1.08. The van der Waals surface area contributed by atoms with Crippen LogP contribution >= 0.6 is 0 Å². The summed E-state index contributed by atoms with van der Waals surface area (Å²) in [6, 6.07) is 2.13. The van der Waals surface area contributed by atoms with E-state index in [9.17, 15) is 4.79 Å². The lowest BCUT2D eigenvalue weighted by Crippen LogP contribution is -2.44. The largest absolute Gasteiger partial charge is 0.352 e. The number of nitriles is 1. The maximum absolute atomic E-state index is 11.7. The summed E-state index contributed by atoms with van der Waals surface area (Å²) in [6.45, 7) is 3.64. The normalized spacial score (nSPS) is 29.2. The SMILES string of the molecule is CC(N)C(C)C(=O)NC1CCCC1C#N. The second-order valence-electron chi connectivity index (χ2n) is 4.43. The average Bonchev–Trinajstić information content (AvgIpc) is 2.63. The van der Waals surface area contributed by atoms with Crippen molar-refractivity contribution in [3.63, 3.8) is 0 Å². The van der Waals surface area contributed by atoms with E-state index in [0.717, 1.165) is 19.3 Å². The molecule has 3 N–H and O–H groups in total. The van der Waals surface area contributed by atoms with Crippen molar-refractivity contribution in [3.05, 3.63) is 0 Å². The molecule has 1 amide bonds. The van der Waals surface area contributed by atoms with Crippen LogP contribution in [0.15, 0.2) is 0 Å². The van der Waals surface area contributed by atoms with Gasteiger partial charge in [0.25, 0.3) is 0 Å². The van der Waals surface area contributed by atoms with E-state index in [0.29, 0.717) is 0 Å². The predicted molar refractivity (Wildman–Crippen MR) is 57.7 cm³/mol. The number of carbonyl (C=O) groups is 1. The number of nitrogens with two attached hydrogens (primary N) is 1. The first-order valence-electron chi connectivity index (χ1n) is 5.51. The summed E-state index contributed by atoms with van der Waals surface area (Å²) in [6.07, 6.45) is 2.83. The van der Waals surface area contributed by atoms with Gasteiger partial charge >= 0.3 is 0 Å². The molecule has 1 fully saturated rings. The van der Waals surface area contributed by atoms with Crippen LogP contribution in [0.3, 0.4) is 0 Å². The van der Waals surface area contributed by atoms with Gasteiger partial charge in [0.1, 0.15) is 0 Å². The zero-order chi connectivity index (χ0) is 11.4. The fourth-order valence-corrected chi connectivity index (χ4v) is 1.84. The third kappa shape index (κ3) is 2.93. The van der Waals surface area contributed by atoms with Gasteiger partial charge in [0.2, 0.25) is 5.91 Å². The maximum Gasteiger partial charge on any atom is 0.224 e. The molecule has 1 saturated carbocycles. The zero-order valence-electron chi connectivity index (χ0n) is 9.36. The molecule has 4 heteroatoms. The molecule has 0 heterocycles. The second kappa shape index (κ2) is 5.13. The molecule has 0 aromatic heterocycles. The van der Waals surface area contributed by atoms with Crippen molar-refractivity contribution in [2.75, 3.05) is 0 Å². The average molecular weight is 209 g/mol. The van der Waals surface area contributed by atoms with Crippen LogP contribution in [-0.4, -0.2) is 18.0 Å². The van der Waals surface area contributed by atoms with Crippen molar-refractivity contribution in [2.24, 2.45) is 17.6 Å². The molecular formula is C11H19N3O. The van der Waals surface area contributed by atoms with E-state index in [-0.39, 0.29) is 29.8 Å². The Balaban J connectivity index is 2.48. The van der Waals surface area contributed by atoms with Gasteiger partial charge in [-0.3, -0.25) is 4.79 Å².